The van der Waals surface area contributed by atoms with Crippen LogP contribution >= 0.6 is 0 Å². The van der Waals surface area contributed by atoms with Crippen molar-refractivity contribution in [3.8, 4) is 0 Å². The molecule has 2 aliphatic heterocycles. The summed E-state index contributed by atoms with van der Waals surface area (Å²) in [6, 6.07) is -13.8. The number of nitrogens with zero attached hydrogens (tertiary/aromatic N) is 7. The monoisotopic (exact) mass is 1300 g/mol. The summed E-state index contributed by atoms with van der Waals surface area (Å²) in [5.41, 5.74) is 0. The number of morpholine rings is 1. The Morgan fingerprint density at radius 2 is 0.978 bits per heavy atom. The summed E-state index contributed by atoms with van der Waals surface area (Å²) in [5.74, 6) is -10.3. The van der Waals surface area contributed by atoms with Crippen LogP contribution in [0.2, 0.25) is 0 Å². The SMILES string of the molecule is C/C=C/C[C@@H](C)[C@@H](O)[C@H]1C(=O)N[C@@H](CC)C(=O)N(C)[C@H](C)C(=O)N[C@@H]([C@H](C)CCCN2CCOCC2)C(=O)N[C@@H](C(C)C)C(=O)N(C)[C@@H](CC(C)C)C(=O)N[C@@H](C)C(=O)N[C@H](C)C(=O)N(C)[C@@H](CC(C)C)C(=O)N(C)[C@@H](CC(C)C)C(=O)N(C)[C@@H](C(C)C)C(=O)N1C. The molecule has 11 amide bonds. The highest BCUT2D eigenvalue weighted by Gasteiger charge is 2.46. The highest BCUT2D eigenvalue weighted by Crippen LogP contribution is 2.26. The Bertz CT molecular complexity index is 2500. The van der Waals surface area contributed by atoms with E-state index >= 15 is 14.4 Å². The molecule has 2 rings (SSSR count). The predicted molar refractivity (Wildman–Crippen MR) is 355 cm³/mol. The molecule has 0 aromatic heterocycles. The minimum atomic E-state index is -1.63. The first-order valence-corrected chi connectivity index (χ1v) is 33.5. The van der Waals surface area contributed by atoms with Crippen molar-refractivity contribution in [3.05, 3.63) is 12.2 Å². The van der Waals surface area contributed by atoms with Gasteiger partial charge in [0.1, 0.15) is 66.5 Å². The summed E-state index contributed by atoms with van der Waals surface area (Å²) in [4.78, 5) is 172. The van der Waals surface area contributed by atoms with E-state index in [1.807, 2.05) is 54.5 Å². The minimum Gasteiger partial charge on any atom is -0.390 e. The smallest absolute Gasteiger partial charge is 0.246 e. The van der Waals surface area contributed by atoms with Gasteiger partial charge in [0.15, 0.2) is 0 Å². The zero-order valence-corrected chi connectivity index (χ0v) is 60.1. The van der Waals surface area contributed by atoms with Crippen LogP contribution in [-0.2, 0) is 57.5 Å². The molecule has 526 valence electrons. The average Bonchev–Trinajstić information content (AvgIpc) is 1.01. The summed E-state index contributed by atoms with van der Waals surface area (Å²) in [6.07, 6.45) is 3.94. The van der Waals surface area contributed by atoms with Gasteiger partial charge in [0.05, 0.1) is 19.3 Å². The molecule has 2 fully saturated rings. The molecule has 0 bridgehead atoms. The molecule has 0 aliphatic carbocycles. The second kappa shape index (κ2) is 38.2. The van der Waals surface area contributed by atoms with Crippen molar-refractivity contribution >= 4 is 65.0 Å². The number of carbonyl (C=O) groups is 11. The maximum absolute atomic E-state index is 15.2. The first-order valence-electron chi connectivity index (χ1n) is 33.5. The summed E-state index contributed by atoms with van der Waals surface area (Å²) in [6.45, 7) is 32.9. The van der Waals surface area contributed by atoms with Crippen molar-refractivity contribution in [1.82, 2.24) is 60.9 Å². The zero-order chi connectivity index (χ0) is 70.5. The number of hydrogen-bond acceptors (Lipinski definition) is 14. The van der Waals surface area contributed by atoms with E-state index in [1.54, 1.807) is 54.5 Å². The maximum atomic E-state index is 15.2. The Balaban J connectivity index is 2.99. The van der Waals surface area contributed by atoms with E-state index in [2.05, 4.69) is 31.5 Å². The van der Waals surface area contributed by atoms with E-state index in [0.717, 1.165) is 22.9 Å². The average molecular weight is 1300 g/mol. The van der Waals surface area contributed by atoms with Gasteiger partial charge in [0.2, 0.25) is 65.0 Å². The highest BCUT2D eigenvalue weighted by molar-refractivity contribution is 6.00. The molecule has 2 saturated heterocycles. The summed E-state index contributed by atoms with van der Waals surface area (Å²) >= 11 is 0. The van der Waals surface area contributed by atoms with E-state index in [4.69, 9.17) is 4.74 Å². The lowest BCUT2D eigenvalue weighted by molar-refractivity contribution is -0.157. The molecule has 2 heterocycles. The third-order valence-electron chi connectivity index (χ3n) is 18.2. The summed E-state index contributed by atoms with van der Waals surface area (Å²) in [7, 11) is 8.53. The molecule has 6 N–H and O–H groups in total. The Hall–Kier alpha value is -6.21. The molecule has 0 saturated carbocycles. The fourth-order valence-corrected chi connectivity index (χ4v) is 11.9. The van der Waals surface area contributed by atoms with Gasteiger partial charge in [-0.25, -0.2) is 0 Å². The van der Waals surface area contributed by atoms with Crippen molar-refractivity contribution in [2.45, 2.75) is 235 Å². The van der Waals surface area contributed by atoms with Crippen molar-refractivity contribution in [1.29, 1.82) is 0 Å². The van der Waals surface area contributed by atoms with Crippen LogP contribution < -0.4 is 26.6 Å². The van der Waals surface area contributed by atoms with Gasteiger partial charge in [-0.05, 0) is 121 Å². The quantitative estimate of drug-likeness (QED) is 0.108. The van der Waals surface area contributed by atoms with Crippen molar-refractivity contribution in [2.24, 2.45) is 41.4 Å². The molecule has 14 atom stereocenters. The van der Waals surface area contributed by atoms with Crippen molar-refractivity contribution < 1.29 is 62.6 Å². The Morgan fingerprint density at radius 1 is 0.500 bits per heavy atom. The van der Waals surface area contributed by atoms with Gasteiger partial charge in [-0.3, -0.25) is 57.6 Å². The maximum Gasteiger partial charge on any atom is 0.246 e. The van der Waals surface area contributed by atoms with Crippen molar-refractivity contribution in [3.63, 3.8) is 0 Å². The van der Waals surface area contributed by atoms with Gasteiger partial charge in [0.25, 0.3) is 0 Å². The largest absolute Gasteiger partial charge is 0.390 e. The number of amides is 11. The van der Waals surface area contributed by atoms with Crippen LogP contribution in [0.3, 0.4) is 0 Å². The van der Waals surface area contributed by atoms with Crippen LogP contribution in [-0.4, -0.2) is 252 Å². The van der Waals surface area contributed by atoms with Crippen LogP contribution in [0.15, 0.2) is 12.2 Å². The molecular formula is C67H120N12O13. The molecule has 0 aromatic carbocycles. The van der Waals surface area contributed by atoms with E-state index in [1.165, 1.54) is 82.7 Å². The van der Waals surface area contributed by atoms with Gasteiger partial charge in [-0.15, -0.1) is 0 Å². The lowest BCUT2D eigenvalue weighted by Gasteiger charge is -2.41. The normalized spacial score (nSPS) is 28.0. The van der Waals surface area contributed by atoms with Gasteiger partial charge in [-0.2, -0.15) is 0 Å². The number of ether oxygens (including phenoxy) is 1. The van der Waals surface area contributed by atoms with Crippen LogP contribution in [0.4, 0.5) is 0 Å². The lowest BCUT2D eigenvalue weighted by Crippen LogP contribution is -2.64. The van der Waals surface area contributed by atoms with Crippen LogP contribution in [0, 0.1) is 41.4 Å². The van der Waals surface area contributed by atoms with Gasteiger partial charge in [-0.1, -0.05) is 102 Å². The number of carbonyl (C=O) groups excluding carboxylic acids is 11. The van der Waals surface area contributed by atoms with Gasteiger partial charge < -0.3 is 65.8 Å². The van der Waals surface area contributed by atoms with E-state index < -0.39 is 161 Å². The first kappa shape index (κ1) is 81.9. The lowest BCUT2D eigenvalue weighted by atomic mass is 9.91. The highest BCUT2D eigenvalue weighted by atomic mass is 16.5. The van der Waals surface area contributed by atoms with E-state index in [-0.39, 0.29) is 43.4 Å². The molecule has 0 radical (unpaired) electrons. The van der Waals surface area contributed by atoms with E-state index in [9.17, 15) is 43.5 Å². The van der Waals surface area contributed by atoms with E-state index in [0.29, 0.717) is 39.0 Å². The molecule has 0 unspecified atom stereocenters. The number of aliphatic hydroxyl groups is 1. The molecule has 2 aliphatic rings. The zero-order valence-electron chi connectivity index (χ0n) is 60.1. The number of nitrogens with one attached hydrogen (secondary N) is 5. The molecule has 25 nitrogen and oxygen atoms in total. The standard InChI is InChI=1S/C67H120N12O13/c1-24-26-28-44(14)56(80)55-61(85)70-48(25-2)63(87)73(18)47(17)58(82)72-53(43(13)29-27-30-79-31-33-92-34-32-79)60(84)71-52(41(9)10)66(90)74(19)49(35-38(3)4)59(83)68-45(15)57(81)69-46(16)62(86)75(20)50(36-39(5)6)64(88)76(21)51(37-40(7)8)65(89)77(22)54(42(11)12)67(91)78(55)23/h24,26,38-56,80H,25,27-37H2,1-23H3,(H,68,83)(H,69,81)(H,70,85)(H,71,84)(H,72,82)/b26-24+/t43-,44-,45+,46-,47-,48+,49+,50+,51+,52+,53+,54+,55+,56-/m1/s1. The second-order valence-electron chi connectivity index (χ2n) is 27.9. The number of hydrogen-bond donors (Lipinski definition) is 6. The second-order valence-corrected chi connectivity index (χ2v) is 27.9. The molecule has 0 aromatic rings. The van der Waals surface area contributed by atoms with Crippen LogP contribution in [0.25, 0.3) is 0 Å². The first-order chi connectivity index (χ1) is 42.8. The van der Waals surface area contributed by atoms with Crippen LogP contribution in [0.5, 0.6) is 0 Å². The van der Waals surface area contributed by atoms with Gasteiger partial charge in [0, 0.05) is 55.4 Å². The molecule has 25 heteroatoms. The Labute approximate surface area is 550 Å². The number of rotatable bonds is 18. The fourth-order valence-electron chi connectivity index (χ4n) is 11.9. The molecule has 0 spiro atoms. The number of allylic oxidation sites excluding steroid dienone is 2. The summed E-state index contributed by atoms with van der Waals surface area (Å²) < 4.78 is 5.53. The van der Waals surface area contributed by atoms with Gasteiger partial charge >= 0.3 is 0 Å². The number of aliphatic hydroxyl groups excluding tert-OH is 1. The molecular weight excluding hydrogens is 1180 g/mol. The third kappa shape index (κ3) is 23.1. The fraction of sp³-hybridized carbons (Fsp3) is 0.806. The molecule has 92 heavy (non-hydrogen) atoms. The number of likely N-dealkylation sites (N-methyl/N-ethyl adjacent to an activating group) is 6. The summed E-state index contributed by atoms with van der Waals surface area (Å²) in [5, 5.41) is 26.2. The van der Waals surface area contributed by atoms with Crippen LogP contribution in [0.1, 0.15) is 163 Å². The minimum absolute atomic E-state index is 0.00614. The Kier molecular flexibility index (Phi) is 34.0. The third-order valence-corrected chi connectivity index (χ3v) is 18.2. The van der Waals surface area contributed by atoms with Crippen molar-refractivity contribution in [2.75, 3.05) is 75.1 Å². The predicted octanol–water partition coefficient (Wildman–Crippen LogP) is 3.02. The topological polar surface area (TPSA) is 300 Å². The Morgan fingerprint density at radius 3 is 1.48 bits per heavy atom.